The molecule has 2 heteroatoms. The van der Waals surface area contributed by atoms with Gasteiger partial charge < -0.3 is 10.6 Å². The first kappa shape index (κ1) is 11.4. The quantitative estimate of drug-likeness (QED) is 0.706. The zero-order valence-corrected chi connectivity index (χ0v) is 9.96. The van der Waals surface area contributed by atoms with Crippen LogP contribution in [0.4, 0.5) is 0 Å². The molecule has 1 aliphatic heterocycles. The van der Waals surface area contributed by atoms with Gasteiger partial charge in [-0.15, -0.1) is 0 Å². The molecule has 2 atom stereocenters. The van der Waals surface area contributed by atoms with Crippen molar-refractivity contribution in [3.8, 4) is 0 Å². The number of fused-ring (bicyclic) bond motifs is 1. The Labute approximate surface area is 94.2 Å². The number of hydrogen-bond acceptors (Lipinski definition) is 2. The van der Waals surface area contributed by atoms with Crippen LogP contribution in [0.1, 0.15) is 51.4 Å². The van der Waals surface area contributed by atoms with Crippen LogP contribution in [0.25, 0.3) is 0 Å². The molecule has 0 amide bonds. The van der Waals surface area contributed by atoms with Gasteiger partial charge in [-0.1, -0.05) is 12.8 Å². The summed E-state index contributed by atoms with van der Waals surface area (Å²) in [5, 5.41) is 0. The van der Waals surface area contributed by atoms with Crippen molar-refractivity contribution in [2.45, 2.75) is 57.4 Å². The van der Waals surface area contributed by atoms with Gasteiger partial charge in [-0.25, -0.2) is 0 Å². The van der Waals surface area contributed by atoms with Crippen molar-refractivity contribution in [2.75, 3.05) is 19.6 Å². The summed E-state index contributed by atoms with van der Waals surface area (Å²) in [6.45, 7) is 3.57. The summed E-state index contributed by atoms with van der Waals surface area (Å²) in [5.41, 5.74) is 5.52. The molecule has 2 unspecified atom stereocenters. The molecule has 1 aliphatic carbocycles. The summed E-state index contributed by atoms with van der Waals surface area (Å²) in [5.74, 6) is 1.05. The van der Waals surface area contributed by atoms with Gasteiger partial charge in [0.25, 0.3) is 0 Å². The largest absolute Gasteiger partial charge is 0.330 e. The maximum absolute atomic E-state index is 5.52. The van der Waals surface area contributed by atoms with Crippen molar-refractivity contribution in [3.63, 3.8) is 0 Å². The Balaban J connectivity index is 1.71. The molecule has 1 heterocycles. The Morgan fingerprint density at radius 3 is 2.73 bits per heavy atom. The highest BCUT2D eigenvalue weighted by molar-refractivity contribution is 4.88. The molecule has 1 saturated carbocycles. The van der Waals surface area contributed by atoms with E-state index in [0.717, 1.165) is 18.5 Å². The molecule has 0 spiro atoms. The van der Waals surface area contributed by atoms with Crippen molar-refractivity contribution < 1.29 is 0 Å². The van der Waals surface area contributed by atoms with E-state index in [1.165, 1.54) is 64.5 Å². The third-order valence-corrected chi connectivity index (χ3v) is 4.26. The van der Waals surface area contributed by atoms with E-state index >= 15 is 0 Å². The van der Waals surface area contributed by atoms with Gasteiger partial charge in [-0.05, 0) is 64.1 Å². The van der Waals surface area contributed by atoms with Gasteiger partial charge in [0.2, 0.25) is 0 Å². The van der Waals surface area contributed by atoms with Crippen molar-refractivity contribution in [1.29, 1.82) is 0 Å². The van der Waals surface area contributed by atoms with Crippen LogP contribution in [0.2, 0.25) is 0 Å². The van der Waals surface area contributed by atoms with Gasteiger partial charge >= 0.3 is 0 Å². The molecule has 0 aromatic rings. The highest BCUT2D eigenvalue weighted by Gasteiger charge is 2.34. The maximum Gasteiger partial charge on any atom is 0.0123 e. The second-order valence-corrected chi connectivity index (χ2v) is 5.29. The number of nitrogens with two attached hydrogens (primary N) is 1. The third-order valence-electron chi connectivity index (χ3n) is 4.26. The predicted molar refractivity (Wildman–Crippen MR) is 64.8 cm³/mol. The third kappa shape index (κ3) is 2.94. The van der Waals surface area contributed by atoms with Crippen LogP contribution in [0, 0.1) is 5.92 Å². The van der Waals surface area contributed by atoms with Gasteiger partial charge in [0.15, 0.2) is 0 Å². The lowest BCUT2D eigenvalue weighted by Crippen LogP contribution is -2.42. The van der Waals surface area contributed by atoms with E-state index in [-0.39, 0.29) is 0 Å². The molecule has 1 saturated heterocycles. The first-order valence-electron chi connectivity index (χ1n) is 6.86. The smallest absolute Gasteiger partial charge is 0.0123 e. The van der Waals surface area contributed by atoms with E-state index in [0.29, 0.717) is 0 Å². The molecule has 2 rings (SSSR count). The highest BCUT2D eigenvalue weighted by Crippen LogP contribution is 2.36. The Kier molecular flexibility index (Phi) is 4.45. The summed E-state index contributed by atoms with van der Waals surface area (Å²) in [6.07, 6.45) is 11.3. The molecular formula is C13H26N2. The normalized spacial score (nSPS) is 31.8. The average molecular weight is 210 g/mol. The monoisotopic (exact) mass is 210 g/mol. The molecule has 0 radical (unpaired) electrons. The first-order chi connectivity index (χ1) is 7.42. The lowest BCUT2D eigenvalue weighted by Gasteiger charge is -2.37. The number of hydrogen-bond donors (Lipinski definition) is 1. The number of unbranched alkanes of at least 4 members (excludes halogenated alkanes) is 2. The van der Waals surface area contributed by atoms with Crippen molar-refractivity contribution in [1.82, 2.24) is 4.90 Å². The van der Waals surface area contributed by atoms with Crippen molar-refractivity contribution in [3.05, 3.63) is 0 Å². The van der Waals surface area contributed by atoms with Gasteiger partial charge in [-0.3, -0.25) is 0 Å². The Hall–Kier alpha value is -0.0800. The van der Waals surface area contributed by atoms with Crippen LogP contribution >= 0.6 is 0 Å². The summed E-state index contributed by atoms with van der Waals surface area (Å²) < 4.78 is 0. The van der Waals surface area contributed by atoms with E-state index in [1.54, 1.807) is 0 Å². The van der Waals surface area contributed by atoms with Crippen LogP contribution in [0.5, 0.6) is 0 Å². The highest BCUT2D eigenvalue weighted by atomic mass is 15.2. The fourth-order valence-electron chi connectivity index (χ4n) is 3.47. The number of nitrogens with zero attached hydrogens (tertiary/aromatic N) is 1. The minimum atomic E-state index is 0.867. The van der Waals surface area contributed by atoms with E-state index < -0.39 is 0 Å². The first-order valence-corrected chi connectivity index (χ1v) is 6.86. The molecule has 2 N–H and O–H groups in total. The molecule has 15 heavy (non-hydrogen) atoms. The molecule has 88 valence electrons. The van der Waals surface area contributed by atoms with Gasteiger partial charge in [0, 0.05) is 6.04 Å². The maximum atomic E-state index is 5.52. The molecule has 2 aliphatic rings. The second-order valence-electron chi connectivity index (χ2n) is 5.29. The SMILES string of the molecule is NCCCCCN1CCCC2CCCC21. The van der Waals surface area contributed by atoms with Crippen LogP contribution in [0.15, 0.2) is 0 Å². The topological polar surface area (TPSA) is 29.3 Å². The summed E-state index contributed by atoms with van der Waals surface area (Å²) in [6, 6.07) is 0.955. The van der Waals surface area contributed by atoms with Crippen LogP contribution in [0.3, 0.4) is 0 Å². The van der Waals surface area contributed by atoms with E-state index in [2.05, 4.69) is 4.90 Å². The fourth-order valence-corrected chi connectivity index (χ4v) is 3.47. The van der Waals surface area contributed by atoms with Gasteiger partial charge in [0.05, 0.1) is 0 Å². The number of likely N-dealkylation sites (tertiary alicyclic amines) is 1. The molecule has 0 aromatic carbocycles. The Bertz CT molecular complexity index is 181. The lowest BCUT2D eigenvalue weighted by atomic mass is 9.92. The molecule has 0 bridgehead atoms. The summed E-state index contributed by atoms with van der Waals surface area (Å²) in [7, 11) is 0. The Morgan fingerprint density at radius 2 is 1.87 bits per heavy atom. The van der Waals surface area contributed by atoms with Gasteiger partial charge in [0.1, 0.15) is 0 Å². The summed E-state index contributed by atoms with van der Waals surface area (Å²) in [4.78, 5) is 2.78. The molecule has 2 fully saturated rings. The van der Waals surface area contributed by atoms with E-state index in [9.17, 15) is 0 Å². The molecule has 0 aromatic heterocycles. The fraction of sp³-hybridized carbons (Fsp3) is 1.00. The molecular weight excluding hydrogens is 184 g/mol. The van der Waals surface area contributed by atoms with Crippen LogP contribution in [-0.4, -0.2) is 30.6 Å². The second kappa shape index (κ2) is 5.86. The number of rotatable bonds is 5. The number of piperidine rings is 1. The van der Waals surface area contributed by atoms with E-state index in [1.807, 2.05) is 0 Å². The van der Waals surface area contributed by atoms with Crippen LogP contribution in [-0.2, 0) is 0 Å². The lowest BCUT2D eigenvalue weighted by molar-refractivity contribution is 0.111. The molecule has 2 nitrogen and oxygen atoms in total. The van der Waals surface area contributed by atoms with Gasteiger partial charge in [-0.2, -0.15) is 0 Å². The van der Waals surface area contributed by atoms with Crippen molar-refractivity contribution >= 4 is 0 Å². The minimum absolute atomic E-state index is 0.867. The zero-order valence-electron chi connectivity index (χ0n) is 9.96. The van der Waals surface area contributed by atoms with E-state index in [4.69, 9.17) is 5.73 Å². The standard InChI is InChI=1S/C13H26N2/c14-9-2-1-3-10-15-11-5-7-12-6-4-8-13(12)15/h12-13H,1-11,14H2. The summed E-state index contributed by atoms with van der Waals surface area (Å²) >= 11 is 0. The predicted octanol–water partition coefficient (Wildman–Crippen LogP) is 2.38. The average Bonchev–Trinajstić information content (AvgIpc) is 2.73. The van der Waals surface area contributed by atoms with Crippen molar-refractivity contribution in [2.24, 2.45) is 11.7 Å². The Morgan fingerprint density at radius 1 is 1.00 bits per heavy atom. The zero-order chi connectivity index (χ0) is 10.5. The minimum Gasteiger partial charge on any atom is -0.330 e. The van der Waals surface area contributed by atoms with Crippen LogP contribution < -0.4 is 5.73 Å².